The molecule has 28 heavy (non-hydrogen) atoms. The molecule has 0 radical (unpaired) electrons. The Kier molecular flexibility index (Phi) is 13.4. The van der Waals surface area contributed by atoms with E-state index in [1.54, 1.807) is 47.8 Å². The third-order valence-corrected chi connectivity index (χ3v) is 2.98. The molecule has 0 saturated heterocycles. The molecule has 0 saturated carbocycles. The summed E-state index contributed by atoms with van der Waals surface area (Å²) in [5, 5.41) is 6.15. The normalized spacial score (nSPS) is 10.8. The van der Waals surface area contributed by atoms with Crippen LogP contribution in [0.2, 0.25) is 0 Å². The molecule has 1 rings (SSSR count). The fraction of sp³-hybridized carbons (Fsp3) is 0.700. The lowest BCUT2D eigenvalue weighted by atomic mass is 10.2. The summed E-state index contributed by atoms with van der Waals surface area (Å²) in [5.74, 6) is -3.14. The molecule has 0 fully saturated rings. The lowest BCUT2D eigenvalue weighted by Crippen LogP contribution is -2.42. The zero-order valence-corrected chi connectivity index (χ0v) is 18.8. The monoisotopic (exact) mass is 405 g/mol. The van der Waals surface area contributed by atoms with Gasteiger partial charge in [-0.1, -0.05) is 20.4 Å². The molecule has 0 aliphatic rings. The Morgan fingerprint density at radius 2 is 1.82 bits per heavy atom. The van der Waals surface area contributed by atoms with Crippen molar-refractivity contribution in [3.05, 3.63) is 24.0 Å². The number of aromatic nitrogens is 2. The first-order valence-electron chi connectivity index (χ1n) is 9.35. The highest BCUT2D eigenvalue weighted by Crippen LogP contribution is 2.19. The minimum atomic E-state index is -3.14. The molecular formula is C20H37F2N3O3. The Labute approximate surface area is 168 Å². The lowest BCUT2D eigenvalue weighted by molar-refractivity contribution is -0.0223. The number of hydrogen-bond acceptors (Lipinski definition) is 4. The first-order valence-corrected chi connectivity index (χ1v) is 9.35. The maximum Gasteiger partial charge on any atom is 0.407 e. The number of carbonyl (C=O) groups is 1. The number of alkyl halides is 2. The fourth-order valence-electron chi connectivity index (χ4n) is 1.67. The molecule has 0 bridgehead atoms. The van der Waals surface area contributed by atoms with Crippen molar-refractivity contribution in [2.75, 3.05) is 20.3 Å². The van der Waals surface area contributed by atoms with E-state index in [4.69, 9.17) is 4.74 Å². The molecule has 1 aromatic heterocycles. The summed E-state index contributed by atoms with van der Waals surface area (Å²) in [7, 11) is 1.68. The van der Waals surface area contributed by atoms with Gasteiger partial charge in [-0.05, 0) is 53.2 Å². The van der Waals surface area contributed by atoms with E-state index in [1.165, 1.54) is 4.68 Å². The summed E-state index contributed by atoms with van der Waals surface area (Å²) in [5.41, 5.74) is 1.16. The van der Waals surface area contributed by atoms with Gasteiger partial charge in [0.15, 0.2) is 0 Å². The molecule has 0 atom stereocenters. The van der Waals surface area contributed by atoms with Crippen molar-refractivity contribution in [3.63, 3.8) is 0 Å². The molecule has 0 spiro atoms. The van der Waals surface area contributed by atoms with Crippen LogP contribution >= 0.6 is 0 Å². The number of allylic oxidation sites excluding steroid dienone is 1. The molecule has 8 heteroatoms. The fourth-order valence-corrected chi connectivity index (χ4v) is 1.67. The zero-order valence-electron chi connectivity index (χ0n) is 18.8. The minimum absolute atomic E-state index is 0.577. The highest BCUT2D eigenvalue weighted by atomic mass is 19.3. The lowest BCUT2D eigenvalue weighted by Gasteiger charge is -2.22. The first kappa shape index (κ1) is 28.3. The molecule has 0 aliphatic heterocycles. The Bertz CT molecular complexity index is 592. The van der Waals surface area contributed by atoms with Gasteiger partial charge in [0, 0.05) is 19.4 Å². The van der Waals surface area contributed by atoms with Gasteiger partial charge in [0.2, 0.25) is 0 Å². The molecule has 6 nitrogen and oxygen atoms in total. The van der Waals surface area contributed by atoms with Gasteiger partial charge >= 0.3 is 6.09 Å². The van der Waals surface area contributed by atoms with E-state index in [1.807, 2.05) is 20.8 Å². The van der Waals surface area contributed by atoms with Crippen LogP contribution in [0.25, 0.3) is 5.57 Å². The Morgan fingerprint density at radius 3 is 2.18 bits per heavy atom. The second kappa shape index (κ2) is 13.3. The van der Waals surface area contributed by atoms with Gasteiger partial charge < -0.3 is 14.8 Å². The van der Waals surface area contributed by atoms with Gasteiger partial charge in [0.05, 0.1) is 12.2 Å². The van der Waals surface area contributed by atoms with Gasteiger partial charge in [-0.15, -0.1) is 0 Å². The average Bonchev–Trinajstić information content (AvgIpc) is 2.94. The second-order valence-corrected chi connectivity index (χ2v) is 6.90. The highest BCUT2D eigenvalue weighted by molar-refractivity contribution is 5.67. The van der Waals surface area contributed by atoms with Crippen molar-refractivity contribution >= 4 is 11.7 Å². The molecule has 1 aromatic rings. The van der Waals surface area contributed by atoms with E-state index in [-0.39, 0.29) is 0 Å². The largest absolute Gasteiger partial charge is 0.444 e. The van der Waals surface area contributed by atoms with Gasteiger partial charge in [-0.2, -0.15) is 5.10 Å². The number of methoxy groups -OCH3 is 1. The molecule has 1 amide bonds. The standard InChI is InChI=1S/C15H23F2N3O2.C3H8O.C2H6/c1-10(2)12-7-11(3)20(19-12)9-15(16,17)8-18-13(21)22-14(4,5)6;1-3-4-2;1-2/h7H,1,8-9H2,2-6H3,(H,18,21);3H2,1-2H3;1-2H3. The molecule has 1 N–H and O–H groups in total. The summed E-state index contributed by atoms with van der Waals surface area (Å²) < 4.78 is 38.6. The van der Waals surface area contributed by atoms with Gasteiger partial charge in [0.1, 0.15) is 12.1 Å². The SMILES string of the molecule is C=C(C)c1cc(C)n(CC(F)(F)CNC(=O)OC(C)(C)C)n1.CC.CCOC. The molecule has 0 unspecified atom stereocenters. The number of alkyl carbamates (subject to hydrolysis) is 1. The molecular weight excluding hydrogens is 368 g/mol. The van der Waals surface area contributed by atoms with Gasteiger partial charge in [0.25, 0.3) is 5.92 Å². The summed E-state index contributed by atoms with van der Waals surface area (Å²) in [6.45, 7) is 17.5. The molecule has 0 aromatic carbocycles. The van der Waals surface area contributed by atoms with E-state index in [2.05, 4.69) is 21.7 Å². The van der Waals surface area contributed by atoms with Crippen LogP contribution in [0.5, 0.6) is 0 Å². The number of ether oxygens (including phenoxy) is 2. The first-order chi connectivity index (χ1) is 12.8. The number of carbonyl (C=O) groups excluding carboxylic acids is 1. The minimum Gasteiger partial charge on any atom is -0.444 e. The van der Waals surface area contributed by atoms with Gasteiger partial charge in [-0.25, -0.2) is 13.6 Å². The topological polar surface area (TPSA) is 65.4 Å². The Morgan fingerprint density at radius 1 is 1.32 bits per heavy atom. The summed E-state index contributed by atoms with van der Waals surface area (Å²) in [4.78, 5) is 11.4. The van der Waals surface area contributed by atoms with E-state index in [0.29, 0.717) is 17.0 Å². The highest BCUT2D eigenvalue weighted by Gasteiger charge is 2.32. The van der Waals surface area contributed by atoms with E-state index in [0.717, 1.165) is 6.61 Å². The van der Waals surface area contributed by atoms with E-state index in [9.17, 15) is 13.6 Å². The van der Waals surface area contributed by atoms with Crippen LogP contribution in [0, 0.1) is 6.92 Å². The summed E-state index contributed by atoms with van der Waals surface area (Å²) >= 11 is 0. The number of nitrogens with one attached hydrogen (secondary N) is 1. The maximum absolute atomic E-state index is 13.9. The van der Waals surface area contributed by atoms with Crippen LogP contribution in [0.15, 0.2) is 12.6 Å². The van der Waals surface area contributed by atoms with Crippen molar-refractivity contribution in [1.29, 1.82) is 0 Å². The van der Waals surface area contributed by atoms with Crippen molar-refractivity contribution in [2.45, 2.75) is 73.5 Å². The average molecular weight is 406 g/mol. The number of halogens is 2. The summed E-state index contributed by atoms with van der Waals surface area (Å²) in [6, 6.07) is 1.69. The number of aryl methyl sites for hydroxylation is 1. The van der Waals surface area contributed by atoms with Crippen LogP contribution in [0.1, 0.15) is 59.9 Å². The number of nitrogens with zero attached hydrogens (tertiary/aromatic N) is 2. The van der Waals surface area contributed by atoms with Crippen molar-refractivity contribution in [1.82, 2.24) is 15.1 Å². The van der Waals surface area contributed by atoms with Gasteiger partial charge in [-0.3, -0.25) is 4.68 Å². The third kappa shape index (κ3) is 13.2. The van der Waals surface area contributed by atoms with E-state index >= 15 is 0 Å². The Hall–Kier alpha value is -1.96. The van der Waals surface area contributed by atoms with Crippen molar-refractivity contribution in [3.8, 4) is 0 Å². The van der Waals surface area contributed by atoms with Crippen LogP contribution in [0.4, 0.5) is 13.6 Å². The number of amides is 1. The third-order valence-electron chi connectivity index (χ3n) is 2.98. The maximum atomic E-state index is 13.9. The molecule has 0 aliphatic carbocycles. The van der Waals surface area contributed by atoms with Crippen molar-refractivity contribution in [2.24, 2.45) is 0 Å². The molecule has 1 heterocycles. The predicted molar refractivity (Wildman–Crippen MR) is 110 cm³/mol. The molecule has 164 valence electrons. The second-order valence-electron chi connectivity index (χ2n) is 6.90. The van der Waals surface area contributed by atoms with Crippen LogP contribution in [-0.2, 0) is 16.0 Å². The van der Waals surface area contributed by atoms with Crippen molar-refractivity contribution < 1.29 is 23.0 Å². The number of rotatable bonds is 6. The predicted octanol–water partition coefficient (Wildman–Crippen LogP) is 5.06. The van der Waals surface area contributed by atoms with Crippen LogP contribution < -0.4 is 5.32 Å². The zero-order chi connectivity index (χ0) is 22.5. The quantitative estimate of drug-likeness (QED) is 0.718. The Balaban J connectivity index is 0. The van der Waals surface area contributed by atoms with Crippen LogP contribution in [0.3, 0.4) is 0 Å². The smallest absolute Gasteiger partial charge is 0.407 e. The number of hydrogen-bond donors (Lipinski definition) is 1. The van der Waals surface area contributed by atoms with E-state index < -0.39 is 30.7 Å². The summed E-state index contributed by atoms with van der Waals surface area (Å²) in [6.07, 6.45) is -0.869. The van der Waals surface area contributed by atoms with Crippen LogP contribution in [-0.4, -0.2) is 47.7 Å².